The predicted octanol–water partition coefficient (Wildman–Crippen LogP) is 2.47. The molecule has 114 valence electrons. The summed E-state index contributed by atoms with van der Waals surface area (Å²) in [6.07, 6.45) is 3.09. The highest BCUT2D eigenvalue weighted by Gasteiger charge is 2.03. The van der Waals surface area contributed by atoms with E-state index in [2.05, 4.69) is 42.5 Å². The van der Waals surface area contributed by atoms with Crippen LogP contribution in [-0.2, 0) is 13.1 Å². The normalized spacial score (nSPS) is 10.8. The molecule has 0 aliphatic heterocycles. The summed E-state index contributed by atoms with van der Waals surface area (Å²) in [6, 6.07) is 6.11. The number of nitrogens with one attached hydrogen (secondary N) is 1. The van der Waals surface area contributed by atoms with Gasteiger partial charge in [0.15, 0.2) is 0 Å². The molecular formula is C16H24N4O. The van der Waals surface area contributed by atoms with Crippen LogP contribution in [0, 0.1) is 13.8 Å². The summed E-state index contributed by atoms with van der Waals surface area (Å²) in [4.78, 5) is 0. The van der Waals surface area contributed by atoms with E-state index in [0.717, 1.165) is 31.0 Å². The zero-order chi connectivity index (χ0) is 15.1. The van der Waals surface area contributed by atoms with E-state index in [4.69, 9.17) is 4.74 Å². The number of hydrogen-bond donors (Lipinski definition) is 1. The highest BCUT2D eigenvalue weighted by atomic mass is 16.5. The van der Waals surface area contributed by atoms with E-state index in [1.165, 1.54) is 11.1 Å². The Bertz CT molecular complexity index is 565. The van der Waals surface area contributed by atoms with E-state index in [1.54, 1.807) is 0 Å². The SMILES string of the molecule is CCCNCc1cn(CCOc2cccc(C)c2C)nn1. The Morgan fingerprint density at radius 2 is 2.14 bits per heavy atom. The largest absolute Gasteiger partial charge is 0.491 e. The molecule has 0 radical (unpaired) electrons. The lowest BCUT2D eigenvalue weighted by molar-refractivity contribution is 0.288. The third-order valence-electron chi connectivity index (χ3n) is 3.45. The number of rotatable bonds is 8. The number of hydrogen-bond acceptors (Lipinski definition) is 4. The molecule has 0 bridgehead atoms. The molecule has 21 heavy (non-hydrogen) atoms. The number of aromatic nitrogens is 3. The van der Waals surface area contributed by atoms with Crippen LogP contribution in [0.5, 0.6) is 5.75 Å². The topological polar surface area (TPSA) is 52.0 Å². The van der Waals surface area contributed by atoms with Crippen LogP contribution in [0.15, 0.2) is 24.4 Å². The van der Waals surface area contributed by atoms with Gasteiger partial charge in [-0.1, -0.05) is 24.3 Å². The molecule has 0 amide bonds. The summed E-state index contributed by atoms with van der Waals surface area (Å²) in [6.45, 7) is 9.39. The fraction of sp³-hybridized carbons (Fsp3) is 0.500. The second-order valence-electron chi connectivity index (χ2n) is 5.20. The minimum absolute atomic E-state index is 0.593. The lowest BCUT2D eigenvalue weighted by Crippen LogP contribution is -2.14. The maximum Gasteiger partial charge on any atom is 0.122 e. The Morgan fingerprint density at radius 3 is 2.95 bits per heavy atom. The van der Waals surface area contributed by atoms with Crippen molar-refractivity contribution in [3.05, 3.63) is 41.2 Å². The van der Waals surface area contributed by atoms with E-state index in [9.17, 15) is 0 Å². The van der Waals surface area contributed by atoms with Crippen LogP contribution in [0.25, 0.3) is 0 Å². The molecule has 1 aromatic heterocycles. The van der Waals surface area contributed by atoms with Gasteiger partial charge in [0.05, 0.1) is 12.2 Å². The lowest BCUT2D eigenvalue weighted by Gasteiger charge is -2.10. The molecule has 1 heterocycles. The zero-order valence-electron chi connectivity index (χ0n) is 13.1. The highest BCUT2D eigenvalue weighted by molar-refractivity contribution is 5.38. The van der Waals surface area contributed by atoms with Crippen LogP contribution in [-0.4, -0.2) is 28.1 Å². The fourth-order valence-electron chi connectivity index (χ4n) is 2.05. The summed E-state index contributed by atoms with van der Waals surface area (Å²) in [5.74, 6) is 0.944. The number of nitrogens with zero attached hydrogens (tertiary/aromatic N) is 3. The van der Waals surface area contributed by atoms with Gasteiger partial charge < -0.3 is 10.1 Å². The van der Waals surface area contributed by atoms with Crippen molar-refractivity contribution in [2.75, 3.05) is 13.2 Å². The van der Waals surface area contributed by atoms with Gasteiger partial charge in [0.25, 0.3) is 0 Å². The van der Waals surface area contributed by atoms with Crippen molar-refractivity contribution in [1.82, 2.24) is 20.3 Å². The average Bonchev–Trinajstić information content (AvgIpc) is 2.92. The summed E-state index contributed by atoms with van der Waals surface area (Å²) in [5.41, 5.74) is 3.41. The van der Waals surface area contributed by atoms with Crippen LogP contribution in [0.2, 0.25) is 0 Å². The molecule has 0 aliphatic rings. The van der Waals surface area contributed by atoms with E-state index in [0.29, 0.717) is 13.2 Å². The molecule has 1 N–H and O–H groups in total. The Labute approximate surface area is 126 Å². The fourth-order valence-corrected chi connectivity index (χ4v) is 2.05. The average molecular weight is 288 g/mol. The minimum atomic E-state index is 0.593. The van der Waals surface area contributed by atoms with Gasteiger partial charge in [-0.25, -0.2) is 4.68 Å². The maximum atomic E-state index is 5.83. The first-order valence-corrected chi connectivity index (χ1v) is 7.49. The van der Waals surface area contributed by atoms with Crippen molar-refractivity contribution in [3.63, 3.8) is 0 Å². The standard InChI is InChI=1S/C16H24N4O/c1-4-8-17-11-15-12-20(19-18-15)9-10-21-16-7-5-6-13(2)14(16)3/h5-7,12,17H,4,8-11H2,1-3H3. The van der Waals surface area contributed by atoms with Crippen molar-refractivity contribution in [2.24, 2.45) is 0 Å². The summed E-state index contributed by atoms with van der Waals surface area (Å²) < 4.78 is 7.65. The van der Waals surface area contributed by atoms with E-state index >= 15 is 0 Å². The molecule has 0 fully saturated rings. The smallest absolute Gasteiger partial charge is 0.122 e. The van der Waals surface area contributed by atoms with Gasteiger partial charge in [-0.2, -0.15) is 0 Å². The monoisotopic (exact) mass is 288 g/mol. The van der Waals surface area contributed by atoms with Crippen LogP contribution in [0.1, 0.15) is 30.2 Å². The number of ether oxygens (including phenoxy) is 1. The maximum absolute atomic E-state index is 5.83. The lowest BCUT2D eigenvalue weighted by atomic mass is 10.1. The first-order valence-electron chi connectivity index (χ1n) is 7.49. The molecule has 0 aliphatic carbocycles. The van der Waals surface area contributed by atoms with E-state index in [1.807, 2.05) is 23.0 Å². The highest BCUT2D eigenvalue weighted by Crippen LogP contribution is 2.20. The van der Waals surface area contributed by atoms with Crippen molar-refractivity contribution in [3.8, 4) is 5.75 Å². The molecule has 1 aromatic carbocycles. The molecule has 0 saturated carbocycles. The molecule has 0 unspecified atom stereocenters. The Morgan fingerprint density at radius 1 is 1.29 bits per heavy atom. The molecule has 2 rings (SSSR count). The van der Waals surface area contributed by atoms with Gasteiger partial charge in [-0.15, -0.1) is 5.10 Å². The third kappa shape index (κ3) is 4.56. The second kappa shape index (κ2) is 7.78. The molecule has 5 heteroatoms. The summed E-state index contributed by atoms with van der Waals surface area (Å²) in [5, 5.41) is 11.6. The van der Waals surface area contributed by atoms with Crippen molar-refractivity contribution in [1.29, 1.82) is 0 Å². The van der Waals surface area contributed by atoms with Gasteiger partial charge in [0.2, 0.25) is 0 Å². The van der Waals surface area contributed by atoms with Gasteiger partial charge in [0, 0.05) is 12.7 Å². The van der Waals surface area contributed by atoms with Gasteiger partial charge in [-0.05, 0) is 44.0 Å². The summed E-state index contributed by atoms with van der Waals surface area (Å²) >= 11 is 0. The van der Waals surface area contributed by atoms with Crippen LogP contribution >= 0.6 is 0 Å². The van der Waals surface area contributed by atoms with Gasteiger partial charge in [0.1, 0.15) is 12.4 Å². The van der Waals surface area contributed by atoms with E-state index in [-0.39, 0.29) is 0 Å². The van der Waals surface area contributed by atoms with Crippen molar-refractivity contribution >= 4 is 0 Å². The second-order valence-corrected chi connectivity index (χ2v) is 5.20. The molecule has 2 aromatic rings. The van der Waals surface area contributed by atoms with Crippen molar-refractivity contribution < 1.29 is 4.74 Å². The quantitative estimate of drug-likeness (QED) is 0.758. The molecule has 5 nitrogen and oxygen atoms in total. The Kier molecular flexibility index (Phi) is 5.75. The van der Waals surface area contributed by atoms with Gasteiger partial charge >= 0.3 is 0 Å². The first kappa shape index (κ1) is 15.5. The Balaban J connectivity index is 1.79. The van der Waals surface area contributed by atoms with E-state index < -0.39 is 0 Å². The predicted molar refractivity (Wildman–Crippen MR) is 83.4 cm³/mol. The molecule has 0 atom stereocenters. The van der Waals surface area contributed by atoms with Crippen LogP contribution in [0.3, 0.4) is 0 Å². The molecule has 0 saturated heterocycles. The Hall–Kier alpha value is -1.88. The third-order valence-corrected chi connectivity index (χ3v) is 3.45. The van der Waals surface area contributed by atoms with Crippen molar-refractivity contribution in [2.45, 2.75) is 40.3 Å². The number of aryl methyl sites for hydroxylation is 1. The zero-order valence-corrected chi connectivity index (χ0v) is 13.1. The molecular weight excluding hydrogens is 264 g/mol. The first-order chi connectivity index (χ1) is 10.2. The van der Waals surface area contributed by atoms with Crippen LogP contribution < -0.4 is 10.1 Å². The van der Waals surface area contributed by atoms with Gasteiger partial charge in [-0.3, -0.25) is 0 Å². The van der Waals surface area contributed by atoms with Crippen LogP contribution in [0.4, 0.5) is 0 Å². The number of benzene rings is 1. The minimum Gasteiger partial charge on any atom is -0.491 e. The summed E-state index contributed by atoms with van der Waals surface area (Å²) in [7, 11) is 0. The molecule has 0 spiro atoms.